The van der Waals surface area contributed by atoms with Crippen molar-refractivity contribution in [2.75, 3.05) is 31.8 Å². The van der Waals surface area contributed by atoms with Gasteiger partial charge in [0.2, 0.25) is 0 Å². The van der Waals surface area contributed by atoms with Crippen LogP contribution in [0.25, 0.3) is 0 Å². The fraction of sp³-hybridized carbons (Fsp3) is 0.273. The molecule has 0 spiro atoms. The van der Waals surface area contributed by atoms with Crippen LogP contribution < -0.4 is 11.1 Å². The largest absolute Gasteiger partial charge is 0.465 e. The van der Waals surface area contributed by atoms with E-state index in [-0.39, 0.29) is 23.5 Å². The average molecular weight is 258 g/mol. The highest BCUT2D eigenvalue weighted by molar-refractivity contribution is 5.95. The van der Waals surface area contributed by atoms with E-state index in [1.807, 2.05) is 0 Å². The molecule has 0 fully saturated rings. The number of aldehydes is 1. The number of methoxy groups -OCH3 is 1. The van der Waals surface area contributed by atoms with Gasteiger partial charge >= 0.3 is 5.97 Å². The van der Waals surface area contributed by atoms with Gasteiger partial charge < -0.3 is 25.7 Å². The van der Waals surface area contributed by atoms with Crippen LogP contribution in [0, 0.1) is 5.82 Å². The Kier molecular flexibility index (Phi) is 7.06. The van der Waals surface area contributed by atoms with Crippen molar-refractivity contribution < 1.29 is 23.8 Å². The molecule has 1 aromatic carbocycles. The number of ether oxygens (including phenoxy) is 1. The van der Waals surface area contributed by atoms with Gasteiger partial charge in [0, 0.05) is 12.8 Å². The Morgan fingerprint density at radius 2 is 2.17 bits per heavy atom. The number of anilines is 2. The summed E-state index contributed by atoms with van der Waals surface area (Å²) in [6.45, 7) is -0.0338. The number of nitrogen functional groups attached to an aromatic ring is 1. The number of hydrogen-bond donors (Lipinski definition) is 3. The molecule has 4 N–H and O–H groups in total. The second kappa shape index (κ2) is 8.02. The summed E-state index contributed by atoms with van der Waals surface area (Å²) in [5.41, 5.74) is 5.65. The summed E-state index contributed by atoms with van der Waals surface area (Å²) < 4.78 is 17.8. The standard InChI is InChI=1S/C10H11FN2O3.CH4O/c1-16-10(15)6-4-7(11)9(5-8(6)12)13-2-3-14;1-2/h3-5,13H,2,12H2,1H3;2H,1H3. The smallest absolute Gasteiger partial charge is 0.340 e. The lowest BCUT2D eigenvalue weighted by atomic mass is 10.1. The number of nitrogens with one attached hydrogen (secondary N) is 1. The molecule has 7 heteroatoms. The van der Waals surface area contributed by atoms with Crippen LogP contribution in [0.15, 0.2) is 12.1 Å². The molecule has 0 heterocycles. The number of nitrogens with two attached hydrogens (primary N) is 1. The Labute approximate surface area is 104 Å². The number of carbonyl (C=O) groups is 2. The molecule has 100 valence electrons. The number of hydrogen-bond acceptors (Lipinski definition) is 6. The number of esters is 1. The van der Waals surface area contributed by atoms with E-state index in [2.05, 4.69) is 10.1 Å². The quantitative estimate of drug-likeness (QED) is 0.411. The number of benzene rings is 1. The van der Waals surface area contributed by atoms with Crippen LogP contribution >= 0.6 is 0 Å². The molecule has 1 rings (SSSR count). The predicted molar refractivity (Wildman–Crippen MR) is 64.8 cm³/mol. The third-order valence-electron chi connectivity index (χ3n) is 1.92. The van der Waals surface area contributed by atoms with Gasteiger partial charge in [-0.3, -0.25) is 0 Å². The zero-order valence-corrected chi connectivity index (χ0v) is 10.1. The number of halogens is 1. The molecule has 0 radical (unpaired) electrons. The molecule has 0 saturated carbocycles. The van der Waals surface area contributed by atoms with Crippen molar-refractivity contribution in [3.8, 4) is 0 Å². The van der Waals surface area contributed by atoms with Gasteiger partial charge in [-0.15, -0.1) is 0 Å². The molecule has 0 unspecified atom stereocenters. The van der Waals surface area contributed by atoms with Crippen LogP contribution in [0.5, 0.6) is 0 Å². The van der Waals surface area contributed by atoms with Crippen molar-refractivity contribution >= 4 is 23.6 Å². The maximum atomic E-state index is 13.4. The van der Waals surface area contributed by atoms with E-state index in [1.54, 1.807) is 0 Å². The maximum Gasteiger partial charge on any atom is 0.340 e. The summed E-state index contributed by atoms with van der Waals surface area (Å²) in [4.78, 5) is 21.3. The topological polar surface area (TPSA) is 102 Å². The van der Waals surface area contributed by atoms with Gasteiger partial charge in [-0.05, 0) is 12.1 Å². The van der Waals surface area contributed by atoms with Crippen LogP contribution in [0.1, 0.15) is 10.4 Å². The maximum absolute atomic E-state index is 13.4. The van der Waals surface area contributed by atoms with Gasteiger partial charge in [-0.25, -0.2) is 9.18 Å². The van der Waals surface area contributed by atoms with E-state index in [0.29, 0.717) is 6.29 Å². The number of rotatable bonds is 4. The first kappa shape index (κ1) is 15.9. The average Bonchev–Trinajstić information content (AvgIpc) is 2.40. The summed E-state index contributed by atoms with van der Waals surface area (Å²) in [6, 6.07) is 2.21. The molecule has 0 bridgehead atoms. The first-order valence-electron chi connectivity index (χ1n) is 4.89. The molecule has 0 saturated heterocycles. The van der Waals surface area contributed by atoms with E-state index < -0.39 is 11.8 Å². The highest BCUT2D eigenvalue weighted by Crippen LogP contribution is 2.22. The van der Waals surface area contributed by atoms with Gasteiger partial charge in [-0.2, -0.15) is 0 Å². The third-order valence-corrected chi connectivity index (χ3v) is 1.92. The number of aliphatic hydroxyl groups excluding tert-OH is 1. The van der Waals surface area contributed by atoms with E-state index in [0.717, 1.165) is 13.2 Å². The minimum atomic E-state index is -0.710. The fourth-order valence-corrected chi connectivity index (χ4v) is 1.16. The van der Waals surface area contributed by atoms with Gasteiger partial charge in [-0.1, -0.05) is 0 Å². The molecule has 18 heavy (non-hydrogen) atoms. The lowest BCUT2D eigenvalue weighted by Gasteiger charge is -2.08. The van der Waals surface area contributed by atoms with Gasteiger partial charge in [0.1, 0.15) is 12.1 Å². The van der Waals surface area contributed by atoms with E-state index >= 15 is 0 Å². The molecule has 0 aromatic heterocycles. The van der Waals surface area contributed by atoms with Crippen molar-refractivity contribution in [2.45, 2.75) is 0 Å². The Morgan fingerprint density at radius 1 is 1.56 bits per heavy atom. The van der Waals surface area contributed by atoms with Crippen LogP contribution in [0.4, 0.5) is 15.8 Å². The van der Waals surface area contributed by atoms with Crippen LogP contribution in [-0.2, 0) is 9.53 Å². The molecular weight excluding hydrogens is 243 g/mol. The van der Waals surface area contributed by atoms with Crippen molar-refractivity contribution in [1.29, 1.82) is 0 Å². The second-order valence-corrected chi connectivity index (χ2v) is 2.96. The minimum absolute atomic E-state index is 0.0338. The zero-order chi connectivity index (χ0) is 14.1. The summed E-state index contributed by atoms with van der Waals surface area (Å²) in [6.07, 6.45) is 0.587. The molecule has 6 nitrogen and oxygen atoms in total. The number of carbonyl (C=O) groups excluding carboxylic acids is 2. The molecule has 0 aliphatic rings. The molecule has 0 atom stereocenters. The number of aliphatic hydroxyl groups is 1. The highest BCUT2D eigenvalue weighted by atomic mass is 19.1. The fourth-order valence-electron chi connectivity index (χ4n) is 1.16. The Morgan fingerprint density at radius 3 is 2.67 bits per heavy atom. The lowest BCUT2D eigenvalue weighted by molar-refractivity contribution is -0.106. The molecule has 0 aliphatic carbocycles. The molecule has 0 amide bonds. The van der Waals surface area contributed by atoms with Gasteiger partial charge in [0.05, 0.1) is 24.9 Å². The summed E-state index contributed by atoms with van der Waals surface area (Å²) >= 11 is 0. The van der Waals surface area contributed by atoms with Crippen LogP contribution in [0.2, 0.25) is 0 Å². The van der Waals surface area contributed by atoms with Crippen molar-refractivity contribution in [3.63, 3.8) is 0 Å². The SMILES string of the molecule is CO.COC(=O)c1cc(F)c(NCC=O)cc1N. The normalized spacial score (nSPS) is 8.89. The third kappa shape index (κ3) is 4.02. The van der Waals surface area contributed by atoms with Gasteiger partial charge in [0.15, 0.2) is 0 Å². The minimum Gasteiger partial charge on any atom is -0.465 e. The molecule has 1 aromatic rings. The highest BCUT2D eigenvalue weighted by Gasteiger charge is 2.14. The Hall–Kier alpha value is -2.15. The molecular formula is C11H15FN2O4. The van der Waals surface area contributed by atoms with Crippen molar-refractivity contribution in [1.82, 2.24) is 0 Å². The van der Waals surface area contributed by atoms with E-state index in [9.17, 15) is 14.0 Å². The van der Waals surface area contributed by atoms with E-state index in [1.165, 1.54) is 13.2 Å². The first-order valence-corrected chi connectivity index (χ1v) is 4.89. The zero-order valence-electron chi connectivity index (χ0n) is 10.1. The summed E-state index contributed by atoms with van der Waals surface area (Å²) in [5.74, 6) is -1.38. The van der Waals surface area contributed by atoms with Gasteiger partial charge in [0.25, 0.3) is 0 Å². The predicted octanol–water partition coefficient (Wildman–Crippen LogP) is 0.414. The second-order valence-electron chi connectivity index (χ2n) is 2.96. The summed E-state index contributed by atoms with van der Waals surface area (Å²) in [5, 5.41) is 9.51. The molecule has 0 aliphatic heterocycles. The van der Waals surface area contributed by atoms with Crippen molar-refractivity contribution in [3.05, 3.63) is 23.5 Å². The lowest BCUT2D eigenvalue weighted by Crippen LogP contribution is -2.09. The van der Waals surface area contributed by atoms with E-state index in [4.69, 9.17) is 10.8 Å². The first-order chi connectivity index (χ1) is 8.60. The van der Waals surface area contributed by atoms with Crippen molar-refractivity contribution in [2.24, 2.45) is 0 Å². The van der Waals surface area contributed by atoms with Crippen LogP contribution in [-0.4, -0.2) is 38.1 Å². The monoisotopic (exact) mass is 258 g/mol. The Balaban J connectivity index is 0.00000137. The van der Waals surface area contributed by atoms with Crippen LogP contribution in [0.3, 0.4) is 0 Å². The summed E-state index contributed by atoms with van der Waals surface area (Å²) in [7, 11) is 2.18. The Bertz CT molecular complexity index is 424.